The lowest BCUT2D eigenvalue weighted by Crippen LogP contribution is -2.49. The zero-order valence-electron chi connectivity index (χ0n) is 12.1. The smallest absolute Gasteiger partial charge is 0.213 e. The Hall–Kier alpha value is -1.26. The molecule has 122 valence electrons. The number of carbonyl (C=O) groups excluding carboxylic acids is 1. The quantitative estimate of drug-likeness (QED) is 0.562. The van der Waals surface area contributed by atoms with Crippen molar-refractivity contribution in [3.05, 3.63) is 11.9 Å². The van der Waals surface area contributed by atoms with E-state index in [1.54, 1.807) is 6.92 Å². The normalized spacial score (nSPS) is 18.2. The summed E-state index contributed by atoms with van der Waals surface area (Å²) in [7, 11) is -3.16. The molecule has 0 saturated carbocycles. The van der Waals surface area contributed by atoms with E-state index in [9.17, 15) is 13.2 Å². The van der Waals surface area contributed by atoms with Crippen LogP contribution in [0.2, 0.25) is 0 Å². The van der Waals surface area contributed by atoms with Crippen LogP contribution >= 0.6 is 15.9 Å². The SMILES string of the molecule is CCS(=O)(=O)N1CCN(c2cnc(N)c(C(Br)C=O)n2)CC1. The summed E-state index contributed by atoms with van der Waals surface area (Å²) in [5.74, 6) is 0.887. The van der Waals surface area contributed by atoms with Crippen LogP contribution in [0.4, 0.5) is 11.6 Å². The lowest BCUT2D eigenvalue weighted by Gasteiger charge is -2.34. The Morgan fingerprint density at radius 2 is 2.05 bits per heavy atom. The Bertz CT molecular complexity index is 646. The number of anilines is 2. The van der Waals surface area contributed by atoms with Gasteiger partial charge >= 0.3 is 0 Å². The molecular weight excluding hydrogens is 374 g/mol. The second-order valence-corrected chi connectivity index (χ2v) is 8.07. The topological polar surface area (TPSA) is 109 Å². The molecule has 2 rings (SSSR count). The average molecular weight is 392 g/mol. The molecule has 1 aromatic heterocycles. The third kappa shape index (κ3) is 3.55. The van der Waals surface area contributed by atoms with Gasteiger partial charge in [-0.3, -0.25) is 0 Å². The van der Waals surface area contributed by atoms with Gasteiger partial charge in [-0.05, 0) is 6.92 Å². The van der Waals surface area contributed by atoms with Gasteiger partial charge in [-0.1, -0.05) is 15.9 Å². The molecule has 0 radical (unpaired) electrons. The molecule has 1 unspecified atom stereocenters. The number of nitrogen functional groups attached to an aromatic ring is 1. The van der Waals surface area contributed by atoms with Crippen molar-refractivity contribution in [2.24, 2.45) is 0 Å². The van der Waals surface area contributed by atoms with Crippen molar-refractivity contribution in [3.8, 4) is 0 Å². The number of piperazine rings is 1. The molecule has 0 amide bonds. The predicted molar refractivity (Wildman–Crippen MR) is 87.4 cm³/mol. The van der Waals surface area contributed by atoms with E-state index in [4.69, 9.17) is 5.73 Å². The number of nitrogens with two attached hydrogens (primary N) is 1. The minimum Gasteiger partial charge on any atom is -0.382 e. The molecule has 2 heterocycles. The lowest BCUT2D eigenvalue weighted by atomic mass is 10.3. The number of hydrogen-bond donors (Lipinski definition) is 1. The summed E-state index contributed by atoms with van der Waals surface area (Å²) in [5, 5.41) is 0. The van der Waals surface area contributed by atoms with Gasteiger partial charge < -0.3 is 15.4 Å². The van der Waals surface area contributed by atoms with E-state index in [0.29, 0.717) is 44.0 Å². The molecule has 1 aliphatic heterocycles. The maximum atomic E-state index is 11.8. The number of rotatable bonds is 5. The van der Waals surface area contributed by atoms with Crippen molar-refractivity contribution >= 4 is 43.9 Å². The van der Waals surface area contributed by atoms with Crippen LogP contribution in [0, 0.1) is 0 Å². The van der Waals surface area contributed by atoms with Crippen LogP contribution in [0.25, 0.3) is 0 Å². The Morgan fingerprint density at radius 3 is 2.59 bits per heavy atom. The molecule has 22 heavy (non-hydrogen) atoms. The molecule has 1 aromatic rings. The molecule has 1 saturated heterocycles. The fraction of sp³-hybridized carbons (Fsp3) is 0.583. The van der Waals surface area contributed by atoms with Crippen molar-refractivity contribution in [2.75, 3.05) is 42.6 Å². The van der Waals surface area contributed by atoms with Gasteiger partial charge in [-0.15, -0.1) is 0 Å². The first-order valence-electron chi connectivity index (χ1n) is 6.83. The number of halogens is 1. The number of sulfonamides is 1. The highest BCUT2D eigenvalue weighted by Crippen LogP contribution is 2.25. The van der Waals surface area contributed by atoms with E-state index < -0.39 is 14.9 Å². The summed E-state index contributed by atoms with van der Waals surface area (Å²) >= 11 is 3.18. The van der Waals surface area contributed by atoms with Crippen LogP contribution in [0.1, 0.15) is 17.4 Å². The fourth-order valence-corrected chi connectivity index (χ4v) is 3.62. The van der Waals surface area contributed by atoms with Crippen LogP contribution in [0.15, 0.2) is 6.20 Å². The first-order valence-corrected chi connectivity index (χ1v) is 9.36. The highest BCUT2D eigenvalue weighted by Gasteiger charge is 2.26. The Balaban J connectivity index is 2.13. The highest BCUT2D eigenvalue weighted by molar-refractivity contribution is 9.09. The van der Waals surface area contributed by atoms with Gasteiger partial charge in [0.05, 0.1) is 11.9 Å². The zero-order chi connectivity index (χ0) is 16.3. The van der Waals surface area contributed by atoms with E-state index in [1.807, 2.05) is 4.90 Å². The second-order valence-electron chi connectivity index (χ2n) is 4.82. The van der Waals surface area contributed by atoms with Gasteiger partial charge in [0, 0.05) is 26.2 Å². The zero-order valence-corrected chi connectivity index (χ0v) is 14.5. The fourth-order valence-electron chi connectivity index (χ4n) is 2.20. The molecule has 1 fully saturated rings. The number of alkyl halides is 1. The Kier molecular flexibility index (Phi) is 5.35. The number of nitrogens with zero attached hydrogens (tertiary/aromatic N) is 4. The molecule has 0 aliphatic carbocycles. The number of aldehydes is 1. The van der Waals surface area contributed by atoms with E-state index in [1.165, 1.54) is 10.5 Å². The molecule has 8 nitrogen and oxygen atoms in total. The Morgan fingerprint density at radius 1 is 1.41 bits per heavy atom. The van der Waals surface area contributed by atoms with Crippen LogP contribution in [-0.2, 0) is 14.8 Å². The summed E-state index contributed by atoms with van der Waals surface area (Å²) in [5.41, 5.74) is 6.10. The minimum atomic E-state index is -3.16. The average Bonchev–Trinajstić information content (AvgIpc) is 2.54. The van der Waals surface area contributed by atoms with Gasteiger partial charge in [0.2, 0.25) is 10.0 Å². The standard InChI is InChI=1S/C12H18BrN5O3S/c1-2-22(20,21)18-5-3-17(4-6-18)10-7-15-12(14)11(16-10)9(13)8-19/h7-9H,2-6H2,1H3,(H2,14,15). The molecule has 2 N–H and O–H groups in total. The number of hydrogen-bond acceptors (Lipinski definition) is 7. The van der Waals surface area contributed by atoms with E-state index in [0.717, 1.165) is 0 Å². The van der Waals surface area contributed by atoms with Gasteiger partial charge in [0.15, 0.2) is 0 Å². The van der Waals surface area contributed by atoms with Gasteiger partial charge in [-0.2, -0.15) is 4.31 Å². The van der Waals surface area contributed by atoms with Crippen LogP contribution in [0.5, 0.6) is 0 Å². The van der Waals surface area contributed by atoms with Crippen molar-refractivity contribution in [3.63, 3.8) is 0 Å². The maximum absolute atomic E-state index is 11.8. The third-order valence-corrected chi connectivity index (χ3v) is 6.05. The third-order valence-electron chi connectivity index (χ3n) is 3.52. The molecule has 1 atom stereocenters. The largest absolute Gasteiger partial charge is 0.382 e. The van der Waals surface area contributed by atoms with Gasteiger partial charge in [-0.25, -0.2) is 18.4 Å². The van der Waals surface area contributed by atoms with E-state index in [2.05, 4.69) is 25.9 Å². The van der Waals surface area contributed by atoms with Gasteiger partial charge in [0.25, 0.3) is 0 Å². The maximum Gasteiger partial charge on any atom is 0.213 e. The van der Waals surface area contributed by atoms with Crippen LogP contribution in [-0.4, -0.2) is 60.9 Å². The monoisotopic (exact) mass is 391 g/mol. The molecule has 10 heteroatoms. The highest BCUT2D eigenvalue weighted by atomic mass is 79.9. The minimum absolute atomic E-state index is 0.101. The van der Waals surface area contributed by atoms with Gasteiger partial charge in [0.1, 0.15) is 28.4 Å². The molecule has 0 bridgehead atoms. The molecule has 0 aromatic carbocycles. The molecular formula is C12H18BrN5O3S. The van der Waals surface area contributed by atoms with Crippen LogP contribution < -0.4 is 10.6 Å². The number of carbonyl (C=O) groups is 1. The Labute approximate surface area is 137 Å². The summed E-state index contributed by atoms with van der Waals surface area (Å²) in [4.78, 5) is 20.6. The lowest BCUT2D eigenvalue weighted by molar-refractivity contribution is -0.107. The first-order chi connectivity index (χ1) is 10.4. The summed E-state index contributed by atoms with van der Waals surface area (Å²) in [6.45, 7) is 3.48. The van der Waals surface area contributed by atoms with Crippen molar-refractivity contribution < 1.29 is 13.2 Å². The first kappa shape index (κ1) is 17.1. The van der Waals surface area contributed by atoms with Crippen LogP contribution in [0.3, 0.4) is 0 Å². The summed E-state index contributed by atoms with van der Waals surface area (Å²) in [6.07, 6.45) is 2.23. The second kappa shape index (κ2) is 6.88. The van der Waals surface area contributed by atoms with E-state index in [-0.39, 0.29) is 11.6 Å². The number of aromatic nitrogens is 2. The summed E-state index contributed by atoms with van der Waals surface area (Å²) in [6, 6.07) is 0. The van der Waals surface area contributed by atoms with Crippen molar-refractivity contribution in [2.45, 2.75) is 11.8 Å². The molecule has 0 spiro atoms. The summed E-state index contributed by atoms with van der Waals surface area (Å²) < 4.78 is 25.2. The van der Waals surface area contributed by atoms with Crippen molar-refractivity contribution in [1.82, 2.24) is 14.3 Å². The van der Waals surface area contributed by atoms with E-state index >= 15 is 0 Å². The predicted octanol–water partition coefficient (Wildman–Crippen LogP) is 0.165. The molecule has 1 aliphatic rings. The van der Waals surface area contributed by atoms with Crippen molar-refractivity contribution in [1.29, 1.82) is 0 Å².